The van der Waals surface area contributed by atoms with Gasteiger partial charge >= 0.3 is 0 Å². The van der Waals surface area contributed by atoms with E-state index in [0.29, 0.717) is 5.56 Å². The van der Waals surface area contributed by atoms with Crippen molar-refractivity contribution in [3.63, 3.8) is 0 Å². The zero-order valence-electron chi connectivity index (χ0n) is 15.0. The van der Waals surface area contributed by atoms with Crippen LogP contribution in [0.15, 0.2) is 70.5 Å². The monoisotopic (exact) mass is 396 g/mol. The molecule has 0 radical (unpaired) electrons. The van der Waals surface area contributed by atoms with Crippen LogP contribution in [0.5, 0.6) is 5.75 Å². The van der Waals surface area contributed by atoms with Crippen LogP contribution in [0.2, 0.25) is 0 Å². The first-order chi connectivity index (χ1) is 13.2. The van der Waals surface area contributed by atoms with E-state index in [0.717, 1.165) is 33.5 Å². The molecule has 1 aliphatic rings. The fraction of sp³-hybridized carbons (Fsp3) is 0.182. The Morgan fingerprint density at radius 3 is 2.26 bits per heavy atom. The number of hydrogen-bond acceptors (Lipinski definition) is 5. The Labute approximate surface area is 167 Å². The van der Waals surface area contributed by atoms with Crippen LogP contribution in [0.25, 0.3) is 6.08 Å². The molecular weight excluding hydrogens is 376 g/mol. The van der Waals surface area contributed by atoms with E-state index in [-0.39, 0.29) is 17.1 Å². The maximum Gasteiger partial charge on any atom is 0.198 e. The Hall–Kier alpha value is -2.24. The summed E-state index contributed by atoms with van der Waals surface area (Å²) in [6.45, 7) is 0. The first-order valence-corrected chi connectivity index (χ1v) is 10.6. The summed E-state index contributed by atoms with van der Waals surface area (Å²) in [4.78, 5) is 26.0. The summed E-state index contributed by atoms with van der Waals surface area (Å²) in [6, 6.07) is 16.4. The Balaban J connectivity index is 1.88. The molecule has 3 rings (SSSR count). The standard InChI is InChI=1S/C22H20O3S2/c1-25-18-11-8-16(9-12-18)10-13-19(23)20(22-26-14-5-15-27-22)21(24)17-6-3-2-4-7-17/h2-4,6-13H,5,14-15H2,1H3. The lowest BCUT2D eigenvalue weighted by Gasteiger charge is -2.16. The van der Waals surface area contributed by atoms with Gasteiger partial charge in [0.15, 0.2) is 11.6 Å². The first kappa shape index (κ1) is 19.5. The molecule has 2 aromatic rings. The predicted molar refractivity (Wildman–Crippen MR) is 114 cm³/mol. The molecule has 1 fully saturated rings. The molecule has 1 heterocycles. The van der Waals surface area contributed by atoms with Crippen molar-refractivity contribution in [3.8, 4) is 5.75 Å². The fourth-order valence-electron chi connectivity index (χ4n) is 2.58. The van der Waals surface area contributed by atoms with Crippen LogP contribution in [0, 0.1) is 0 Å². The maximum atomic E-state index is 13.0. The normalized spacial score (nSPS) is 14.2. The molecule has 5 heteroatoms. The molecule has 138 valence electrons. The van der Waals surface area contributed by atoms with Gasteiger partial charge in [0, 0.05) is 5.56 Å². The lowest BCUT2D eigenvalue weighted by molar-refractivity contribution is -0.111. The molecule has 2 aromatic carbocycles. The number of thioether (sulfide) groups is 2. The Morgan fingerprint density at radius 2 is 1.63 bits per heavy atom. The van der Waals surface area contributed by atoms with E-state index in [2.05, 4.69) is 0 Å². The number of allylic oxidation sites excluding steroid dienone is 2. The SMILES string of the molecule is COc1ccc(C=CC(=O)C(C(=O)c2ccccc2)=C2SCCCS2)cc1. The van der Waals surface area contributed by atoms with E-state index < -0.39 is 0 Å². The summed E-state index contributed by atoms with van der Waals surface area (Å²) < 4.78 is 5.98. The molecular formula is C22H20O3S2. The second-order valence-electron chi connectivity index (χ2n) is 5.88. The van der Waals surface area contributed by atoms with Crippen molar-refractivity contribution < 1.29 is 14.3 Å². The first-order valence-electron chi connectivity index (χ1n) is 8.65. The zero-order chi connectivity index (χ0) is 19.1. The molecule has 0 spiro atoms. The highest BCUT2D eigenvalue weighted by Crippen LogP contribution is 2.38. The van der Waals surface area contributed by atoms with E-state index in [9.17, 15) is 9.59 Å². The van der Waals surface area contributed by atoms with E-state index >= 15 is 0 Å². The quantitative estimate of drug-likeness (QED) is 0.289. The van der Waals surface area contributed by atoms with Crippen molar-refractivity contribution in [2.45, 2.75) is 6.42 Å². The van der Waals surface area contributed by atoms with Crippen molar-refractivity contribution in [1.29, 1.82) is 0 Å². The van der Waals surface area contributed by atoms with Gasteiger partial charge in [-0.25, -0.2) is 0 Å². The average Bonchev–Trinajstić information content (AvgIpc) is 2.74. The number of benzene rings is 2. The Kier molecular flexibility index (Phi) is 6.96. The molecule has 0 bridgehead atoms. The minimum absolute atomic E-state index is 0.211. The molecule has 1 aliphatic heterocycles. The summed E-state index contributed by atoms with van der Waals surface area (Å²) in [7, 11) is 1.61. The second-order valence-corrected chi connectivity index (χ2v) is 8.35. The zero-order valence-corrected chi connectivity index (χ0v) is 16.6. The number of ether oxygens (including phenoxy) is 1. The third kappa shape index (κ3) is 5.15. The number of hydrogen-bond donors (Lipinski definition) is 0. The fourth-order valence-corrected chi connectivity index (χ4v) is 5.22. The van der Waals surface area contributed by atoms with Gasteiger partial charge in [0.25, 0.3) is 0 Å². The highest BCUT2D eigenvalue weighted by atomic mass is 32.2. The van der Waals surface area contributed by atoms with Crippen LogP contribution >= 0.6 is 23.5 Å². The summed E-state index contributed by atoms with van der Waals surface area (Å²) in [5.74, 6) is 2.16. The van der Waals surface area contributed by atoms with Gasteiger partial charge in [-0.2, -0.15) is 0 Å². The topological polar surface area (TPSA) is 43.4 Å². The van der Waals surface area contributed by atoms with Gasteiger partial charge in [0.05, 0.1) is 16.9 Å². The van der Waals surface area contributed by atoms with E-state index in [1.54, 1.807) is 48.8 Å². The molecule has 3 nitrogen and oxygen atoms in total. The van der Waals surface area contributed by atoms with Gasteiger partial charge in [-0.05, 0) is 41.7 Å². The van der Waals surface area contributed by atoms with Crippen LogP contribution in [0.4, 0.5) is 0 Å². The maximum absolute atomic E-state index is 13.0. The van der Waals surface area contributed by atoms with Crippen LogP contribution < -0.4 is 4.74 Å². The number of carbonyl (C=O) groups is 2. The van der Waals surface area contributed by atoms with Crippen LogP contribution in [-0.4, -0.2) is 30.2 Å². The third-order valence-corrected chi connectivity index (χ3v) is 6.64. The van der Waals surface area contributed by atoms with Gasteiger partial charge < -0.3 is 4.74 Å². The Morgan fingerprint density at radius 1 is 0.963 bits per heavy atom. The summed E-state index contributed by atoms with van der Waals surface area (Å²) in [6.07, 6.45) is 4.31. The van der Waals surface area contributed by atoms with Gasteiger partial charge in [-0.1, -0.05) is 48.5 Å². The van der Waals surface area contributed by atoms with Crippen LogP contribution in [-0.2, 0) is 4.79 Å². The molecule has 0 aliphatic carbocycles. The smallest absolute Gasteiger partial charge is 0.198 e. The molecule has 0 N–H and O–H groups in total. The molecule has 0 unspecified atom stereocenters. The number of ketones is 2. The van der Waals surface area contributed by atoms with Crippen molar-refractivity contribution in [2.75, 3.05) is 18.6 Å². The molecule has 0 amide bonds. The van der Waals surface area contributed by atoms with Gasteiger partial charge in [-0.15, -0.1) is 23.5 Å². The van der Waals surface area contributed by atoms with Gasteiger partial charge in [0.2, 0.25) is 0 Å². The van der Waals surface area contributed by atoms with Gasteiger partial charge in [-0.3, -0.25) is 9.59 Å². The van der Waals surface area contributed by atoms with Crippen molar-refractivity contribution in [1.82, 2.24) is 0 Å². The number of carbonyl (C=O) groups excluding carboxylic acids is 2. The molecule has 0 aromatic heterocycles. The van der Waals surface area contributed by atoms with Crippen LogP contribution in [0.3, 0.4) is 0 Å². The number of rotatable bonds is 6. The largest absolute Gasteiger partial charge is 0.497 e. The highest BCUT2D eigenvalue weighted by molar-refractivity contribution is 8.22. The lowest BCUT2D eigenvalue weighted by atomic mass is 10.0. The van der Waals surface area contributed by atoms with Crippen molar-refractivity contribution >= 4 is 41.2 Å². The van der Waals surface area contributed by atoms with E-state index in [4.69, 9.17) is 4.74 Å². The second kappa shape index (κ2) is 9.62. The van der Waals surface area contributed by atoms with Crippen molar-refractivity contribution in [3.05, 3.63) is 81.6 Å². The minimum atomic E-state index is -0.253. The third-order valence-electron chi connectivity index (χ3n) is 4.01. The van der Waals surface area contributed by atoms with E-state index in [1.165, 1.54) is 6.08 Å². The average molecular weight is 397 g/mol. The Bertz CT molecular complexity index is 860. The molecule has 0 saturated carbocycles. The molecule has 0 atom stereocenters. The minimum Gasteiger partial charge on any atom is -0.497 e. The number of Topliss-reactive ketones (excluding diaryl/α,β-unsaturated/α-hetero) is 1. The molecule has 27 heavy (non-hydrogen) atoms. The van der Waals surface area contributed by atoms with Crippen molar-refractivity contribution in [2.24, 2.45) is 0 Å². The molecule has 1 saturated heterocycles. The highest BCUT2D eigenvalue weighted by Gasteiger charge is 2.24. The summed E-state index contributed by atoms with van der Waals surface area (Å²) in [5, 5.41) is 0. The summed E-state index contributed by atoms with van der Waals surface area (Å²) >= 11 is 3.20. The predicted octanol–water partition coefficient (Wildman–Crippen LogP) is 5.24. The van der Waals surface area contributed by atoms with Crippen LogP contribution in [0.1, 0.15) is 22.3 Å². The van der Waals surface area contributed by atoms with E-state index in [1.807, 2.05) is 42.5 Å². The lowest BCUT2D eigenvalue weighted by Crippen LogP contribution is -2.14. The number of methoxy groups -OCH3 is 1. The summed E-state index contributed by atoms with van der Waals surface area (Å²) in [5.41, 5.74) is 1.70. The van der Waals surface area contributed by atoms with Gasteiger partial charge in [0.1, 0.15) is 5.75 Å².